The van der Waals surface area contributed by atoms with Gasteiger partial charge in [-0.1, -0.05) is 18.5 Å². The van der Waals surface area contributed by atoms with Crippen LogP contribution in [0.2, 0.25) is 5.02 Å². The number of rotatable bonds is 3. The van der Waals surface area contributed by atoms with E-state index in [1.54, 1.807) is 6.92 Å². The number of nitrogens with one attached hydrogen (secondary N) is 2. The fourth-order valence-corrected chi connectivity index (χ4v) is 2.14. The second kappa shape index (κ2) is 4.12. The molecule has 0 aromatic carbocycles. The van der Waals surface area contributed by atoms with Crippen molar-refractivity contribution in [3.05, 3.63) is 27.6 Å². The van der Waals surface area contributed by atoms with Crippen LogP contribution in [0.1, 0.15) is 6.92 Å². The first kappa shape index (κ1) is 11.2. The molecular formula is C7H9ClN2O3S. The Morgan fingerprint density at radius 3 is 2.71 bits per heavy atom. The molecule has 0 aliphatic carbocycles. The molecule has 0 unspecified atom stereocenters. The molecule has 1 aromatic heterocycles. The molecule has 78 valence electrons. The van der Waals surface area contributed by atoms with Crippen molar-refractivity contribution in [2.45, 2.75) is 11.8 Å². The zero-order chi connectivity index (χ0) is 10.8. The van der Waals surface area contributed by atoms with Gasteiger partial charge in [0.05, 0.1) is 4.90 Å². The van der Waals surface area contributed by atoms with Gasteiger partial charge in [-0.25, -0.2) is 13.1 Å². The van der Waals surface area contributed by atoms with E-state index in [4.69, 9.17) is 11.6 Å². The standard InChI is InChI=1S/C7H9ClN2O3S/c1-2-10-14(12,13)5-3-6(8)7(11)9-4-5/h3-4,10H,2H2,1H3,(H,9,11). The van der Waals surface area contributed by atoms with E-state index in [0.717, 1.165) is 12.3 Å². The molecular weight excluding hydrogens is 228 g/mol. The molecule has 0 radical (unpaired) electrons. The minimum atomic E-state index is -3.55. The summed E-state index contributed by atoms with van der Waals surface area (Å²) >= 11 is 5.48. The van der Waals surface area contributed by atoms with Crippen LogP contribution in [0.4, 0.5) is 0 Å². The number of hydrogen-bond donors (Lipinski definition) is 2. The lowest BCUT2D eigenvalue weighted by molar-refractivity contribution is 0.583. The lowest BCUT2D eigenvalue weighted by Gasteiger charge is -2.03. The predicted molar refractivity (Wildman–Crippen MR) is 52.9 cm³/mol. The van der Waals surface area contributed by atoms with Crippen LogP contribution in [0.25, 0.3) is 0 Å². The minimum absolute atomic E-state index is 0.0519. The summed E-state index contributed by atoms with van der Waals surface area (Å²) < 4.78 is 25.1. The number of halogens is 1. The van der Waals surface area contributed by atoms with Crippen LogP contribution in [0, 0.1) is 0 Å². The van der Waals surface area contributed by atoms with Gasteiger partial charge in [0.25, 0.3) is 5.56 Å². The van der Waals surface area contributed by atoms with Gasteiger partial charge in [-0.3, -0.25) is 4.79 Å². The maximum Gasteiger partial charge on any atom is 0.266 e. The fraction of sp³-hybridized carbons (Fsp3) is 0.286. The largest absolute Gasteiger partial charge is 0.326 e. The highest BCUT2D eigenvalue weighted by Gasteiger charge is 2.13. The molecule has 7 heteroatoms. The van der Waals surface area contributed by atoms with Crippen LogP contribution < -0.4 is 10.3 Å². The Morgan fingerprint density at radius 1 is 1.57 bits per heavy atom. The zero-order valence-electron chi connectivity index (χ0n) is 7.37. The summed E-state index contributed by atoms with van der Waals surface area (Å²) in [6.45, 7) is 1.93. The molecule has 0 fully saturated rings. The van der Waals surface area contributed by atoms with Crippen molar-refractivity contribution in [1.29, 1.82) is 0 Å². The van der Waals surface area contributed by atoms with Gasteiger partial charge in [-0.2, -0.15) is 0 Å². The topological polar surface area (TPSA) is 79.0 Å². The molecule has 1 rings (SSSR count). The van der Waals surface area contributed by atoms with Gasteiger partial charge in [-0.15, -0.1) is 0 Å². The normalized spacial score (nSPS) is 11.6. The molecule has 0 bridgehead atoms. The van der Waals surface area contributed by atoms with Crippen LogP contribution in [-0.2, 0) is 10.0 Å². The number of aromatic nitrogens is 1. The zero-order valence-corrected chi connectivity index (χ0v) is 8.95. The Kier molecular flexibility index (Phi) is 3.30. The van der Waals surface area contributed by atoms with Gasteiger partial charge in [0, 0.05) is 12.7 Å². The maximum atomic E-state index is 11.4. The van der Waals surface area contributed by atoms with E-state index >= 15 is 0 Å². The van der Waals surface area contributed by atoms with Crippen molar-refractivity contribution in [3.8, 4) is 0 Å². The second-order valence-electron chi connectivity index (χ2n) is 2.51. The van der Waals surface area contributed by atoms with E-state index in [-0.39, 0.29) is 16.5 Å². The van der Waals surface area contributed by atoms with Crippen molar-refractivity contribution >= 4 is 21.6 Å². The molecule has 0 spiro atoms. The van der Waals surface area contributed by atoms with Gasteiger partial charge in [-0.05, 0) is 6.07 Å². The molecule has 0 aliphatic rings. The molecule has 2 N–H and O–H groups in total. The summed E-state index contributed by atoms with van der Waals surface area (Å²) in [5.41, 5.74) is -0.512. The van der Waals surface area contributed by atoms with E-state index in [2.05, 4.69) is 9.71 Å². The Bertz CT molecular complexity index is 480. The first-order valence-electron chi connectivity index (χ1n) is 3.85. The second-order valence-corrected chi connectivity index (χ2v) is 4.69. The van der Waals surface area contributed by atoms with E-state index in [9.17, 15) is 13.2 Å². The number of aromatic amines is 1. The SMILES string of the molecule is CCNS(=O)(=O)c1c[nH]c(=O)c(Cl)c1. The molecule has 0 saturated carbocycles. The van der Waals surface area contributed by atoms with Gasteiger partial charge in [0.2, 0.25) is 10.0 Å². The quantitative estimate of drug-likeness (QED) is 0.794. The van der Waals surface area contributed by atoms with Crippen molar-refractivity contribution in [3.63, 3.8) is 0 Å². The molecule has 0 amide bonds. The molecule has 0 atom stereocenters. The van der Waals surface area contributed by atoms with Gasteiger partial charge in [0.1, 0.15) is 5.02 Å². The molecule has 0 aliphatic heterocycles. The molecule has 0 saturated heterocycles. The maximum absolute atomic E-state index is 11.4. The summed E-state index contributed by atoms with van der Waals surface area (Å²) in [7, 11) is -3.55. The van der Waals surface area contributed by atoms with Crippen LogP contribution in [0.5, 0.6) is 0 Å². The summed E-state index contributed by atoms with van der Waals surface area (Å²) in [5, 5.41) is -0.149. The summed E-state index contributed by atoms with van der Waals surface area (Å²) in [6.07, 6.45) is 1.10. The number of sulfonamides is 1. The van der Waals surface area contributed by atoms with E-state index < -0.39 is 15.6 Å². The lowest BCUT2D eigenvalue weighted by Crippen LogP contribution is -2.24. The van der Waals surface area contributed by atoms with Gasteiger partial charge >= 0.3 is 0 Å². The highest BCUT2D eigenvalue weighted by Crippen LogP contribution is 2.09. The first-order valence-corrected chi connectivity index (χ1v) is 5.71. The Labute approximate surface area is 86.2 Å². The third-order valence-electron chi connectivity index (χ3n) is 1.48. The fourth-order valence-electron chi connectivity index (χ4n) is 0.866. The van der Waals surface area contributed by atoms with Crippen LogP contribution in [0.15, 0.2) is 22.0 Å². The minimum Gasteiger partial charge on any atom is -0.326 e. The monoisotopic (exact) mass is 236 g/mol. The van der Waals surface area contributed by atoms with Crippen LogP contribution in [-0.4, -0.2) is 19.9 Å². The number of H-pyrrole nitrogens is 1. The molecule has 5 nitrogen and oxygen atoms in total. The molecule has 1 heterocycles. The number of hydrogen-bond acceptors (Lipinski definition) is 3. The lowest BCUT2D eigenvalue weighted by atomic mass is 10.5. The van der Waals surface area contributed by atoms with E-state index in [0.29, 0.717) is 0 Å². The summed E-state index contributed by atoms with van der Waals surface area (Å²) in [6, 6.07) is 1.11. The average molecular weight is 237 g/mol. The smallest absolute Gasteiger partial charge is 0.266 e. The average Bonchev–Trinajstić information content (AvgIpc) is 2.09. The van der Waals surface area contributed by atoms with E-state index in [1.807, 2.05) is 0 Å². The Balaban J connectivity index is 3.21. The number of pyridine rings is 1. The van der Waals surface area contributed by atoms with Crippen molar-refractivity contribution in [1.82, 2.24) is 9.71 Å². The highest BCUT2D eigenvalue weighted by molar-refractivity contribution is 7.89. The molecule has 1 aromatic rings. The van der Waals surface area contributed by atoms with Crippen molar-refractivity contribution in [2.24, 2.45) is 0 Å². The van der Waals surface area contributed by atoms with Crippen molar-refractivity contribution < 1.29 is 8.42 Å². The van der Waals surface area contributed by atoms with Gasteiger partial charge < -0.3 is 4.98 Å². The first-order chi connectivity index (χ1) is 6.47. The Morgan fingerprint density at radius 2 is 2.21 bits per heavy atom. The summed E-state index contributed by atoms with van der Waals surface area (Å²) in [5.74, 6) is 0. The predicted octanol–water partition coefficient (Wildman–Crippen LogP) is 0.326. The highest BCUT2D eigenvalue weighted by atomic mass is 35.5. The molecule has 14 heavy (non-hydrogen) atoms. The third kappa shape index (κ3) is 2.34. The summed E-state index contributed by atoms with van der Waals surface area (Å²) in [4.78, 5) is 13.0. The van der Waals surface area contributed by atoms with E-state index in [1.165, 1.54) is 0 Å². The van der Waals surface area contributed by atoms with Crippen molar-refractivity contribution in [2.75, 3.05) is 6.54 Å². The van der Waals surface area contributed by atoms with Crippen LogP contribution in [0.3, 0.4) is 0 Å². The third-order valence-corrected chi connectivity index (χ3v) is 3.28. The van der Waals surface area contributed by atoms with Crippen LogP contribution >= 0.6 is 11.6 Å². The Hall–Kier alpha value is -0.850. The van der Waals surface area contributed by atoms with Gasteiger partial charge in [0.15, 0.2) is 0 Å².